The molecule has 0 unspecified atom stereocenters. The molecule has 0 amide bonds. The average Bonchev–Trinajstić information content (AvgIpc) is 3.28. The van der Waals surface area contributed by atoms with Crippen LogP contribution < -0.4 is 9.47 Å². The zero-order valence-corrected chi connectivity index (χ0v) is 16.9. The molecule has 0 N–H and O–H groups in total. The highest BCUT2D eigenvalue weighted by Gasteiger charge is 2.20. The number of esters is 2. The maximum Gasteiger partial charge on any atom is 0.338 e. The third-order valence-electron chi connectivity index (χ3n) is 4.19. The van der Waals surface area contributed by atoms with E-state index >= 15 is 0 Å². The van der Waals surface area contributed by atoms with Gasteiger partial charge in [0, 0.05) is 5.56 Å². The summed E-state index contributed by atoms with van der Waals surface area (Å²) in [7, 11) is 4.07. The minimum absolute atomic E-state index is 0.145. The lowest BCUT2D eigenvalue weighted by Gasteiger charge is -2.13. The number of rotatable bonds is 7. The SMILES string of the molecule is COC(=O)c1cc(O[C@H](C)c2nnc(-c3ccc(OC)cc3)o2)cc(C(=O)OC)c1. The molecule has 1 heterocycles. The van der Waals surface area contributed by atoms with Gasteiger partial charge in [0.15, 0.2) is 6.10 Å². The van der Waals surface area contributed by atoms with Crippen LogP contribution in [0.5, 0.6) is 11.5 Å². The van der Waals surface area contributed by atoms with Crippen LogP contribution in [0.15, 0.2) is 46.9 Å². The second-order valence-electron chi connectivity index (χ2n) is 6.16. The Balaban J connectivity index is 1.83. The van der Waals surface area contributed by atoms with Gasteiger partial charge in [-0.25, -0.2) is 9.59 Å². The lowest BCUT2D eigenvalue weighted by atomic mass is 10.1. The first-order valence-electron chi connectivity index (χ1n) is 8.91. The van der Waals surface area contributed by atoms with E-state index in [0.717, 1.165) is 5.56 Å². The topological polar surface area (TPSA) is 110 Å². The first-order chi connectivity index (χ1) is 14.4. The van der Waals surface area contributed by atoms with Crippen LogP contribution in [-0.4, -0.2) is 43.5 Å². The number of nitrogens with zero attached hydrogens (tertiary/aromatic N) is 2. The number of carbonyl (C=O) groups is 2. The zero-order valence-electron chi connectivity index (χ0n) is 16.9. The summed E-state index contributed by atoms with van der Waals surface area (Å²) in [6.07, 6.45) is -0.650. The van der Waals surface area contributed by atoms with Crippen molar-refractivity contribution in [2.45, 2.75) is 13.0 Å². The Labute approximate surface area is 172 Å². The van der Waals surface area contributed by atoms with Crippen molar-refractivity contribution < 1.29 is 33.0 Å². The Morgan fingerprint density at radius 3 is 2.00 bits per heavy atom. The van der Waals surface area contributed by atoms with E-state index in [9.17, 15) is 9.59 Å². The van der Waals surface area contributed by atoms with Gasteiger partial charge in [0.2, 0.25) is 5.89 Å². The van der Waals surface area contributed by atoms with Crippen molar-refractivity contribution in [1.82, 2.24) is 10.2 Å². The van der Waals surface area contributed by atoms with Gasteiger partial charge in [-0.3, -0.25) is 0 Å². The number of carbonyl (C=O) groups excluding carboxylic acids is 2. The fourth-order valence-electron chi connectivity index (χ4n) is 2.64. The molecular formula is C21H20N2O7. The Bertz CT molecular complexity index is 1010. The van der Waals surface area contributed by atoms with Crippen LogP contribution >= 0.6 is 0 Å². The fraction of sp³-hybridized carbons (Fsp3) is 0.238. The third-order valence-corrected chi connectivity index (χ3v) is 4.19. The standard InChI is InChI=1S/C21H20N2O7/c1-12(18-22-23-19(30-18)13-5-7-16(26-2)8-6-13)29-17-10-14(20(24)27-3)9-15(11-17)21(25)28-4/h5-12H,1-4H3/t12-/m1/s1. The van der Waals surface area contributed by atoms with Crippen molar-refractivity contribution in [3.8, 4) is 23.0 Å². The van der Waals surface area contributed by atoms with E-state index < -0.39 is 18.0 Å². The minimum Gasteiger partial charge on any atom is -0.497 e. The van der Waals surface area contributed by atoms with Crippen molar-refractivity contribution in [2.24, 2.45) is 0 Å². The number of hydrogen-bond acceptors (Lipinski definition) is 9. The van der Waals surface area contributed by atoms with E-state index in [4.69, 9.17) is 23.4 Å². The highest BCUT2D eigenvalue weighted by Crippen LogP contribution is 2.27. The number of methoxy groups -OCH3 is 3. The molecule has 3 rings (SSSR count). The van der Waals surface area contributed by atoms with Gasteiger partial charge in [-0.1, -0.05) is 0 Å². The first kappa shape index (κ1) is 20.8. The number of ether oxygens (including phenoxy) is 4. The Morgan fingerprint density at radius 1 is 0.867 bits per heavy atom. The maximum absolute atomic E-state index is 11.9. The molecule has 9 nitrogen and oxygen atoms in total. The van der Waals surface area contributed by atoms with Gasteiger partial charge < -0.3 is 23.4 Å². The van der Waals surface area contributed by atoms with Crippen molar-refractivity contribution in [3.63, 3.8) is 0 Å². The van der Waals surface area contributed by atoms with Gasteiger partial charge in [-0.05, 0) is 49.4 Å². The van der Waals surface area contributed by atoms with Gasteiger partial charge in [0.05, 0.1) is 32.5 Å². The second-order valence-corrected chi connectivity index (χ2v) is 6.16. The Morgan fingerprint density at radius 2 is 1.47 bits per heavy atom. The monoisotopic (exact) mass is 412 g/mol. The summed E-state index contributed by atoms with van der Waals surface area (Å²) in [5, 5.41) is 8.06. The van der Waals surface area contributed by atoms with Gasteiger partial charge in [-0.2, -0.15) is 0 Å². The molecule has 0 aliphatic heterocycles. The molecule has 0 bridgehead atoms. The number of benzene rings is 2. The van der Waals surface area contributed by atoms with Crippen LogP contribution in [0.1, 0.15) is 39.6 Å². The van der Waals surface area contributed by atoms with Crippen LogP contribution in [0.4, 0.5) is 0 Å². The van der Waals surface area contributed by atoms with Gasteiger partial charge in [-0.15, -0.1) is 10.2 Å². The van der Waals surface area contributed by atoms with E-state index in [1.165, 1.54) is 32.4 Å². The largest absolute Gasteiger partial charge is 0.497 e. The summed E-state index contributed by atoms with van der Waals surface area (Å²) in [6, 6.07) is 11.4. The Hall–Kier alpha value is -3.88. The van der Waals surface area contributed by atoms with E-state index in [0.29, 0.717) is 11.6 Å². The van der Waals surface area contributed by atoms with Crippen LogP contribution in [0.25, 0.3) is 11.5 Å². The average molecular weight is 412 g/mol. The molecule has 0 radical (unpaired) electrons. The summed E-state index contributed by atoms with van der Waals surface area (Å²) in [4.78, 5) is 23.8. The second kappa shape index (κ2) is 9.08. The zero-order chi connectivity index (χ0) is 21.7. The van der Waals surface area contributed by atoms with E-state index in [-0.39, 0.29) is 22.8 Å². The summed E-state index contributed by atoms with van der Waals surface area (Å²) < 4.78 is 26.1. The van der Waals surface area contributed by atoms with E-state index in [2.05, 4.69) is 10.2 Å². The molecule has 0 saturated carbocycles. The number of aromatic nitrogens is 2. The normalized spacial score (nSPS) is 11.5. The first-order valence-corrected chi connectivity index (χ1v) is 8.91. The van der Waals surface area contributed by atoms with Gasteiger partial charge >= 0.3 is 11.9 Å². The van der Waals surface area contributed by atoms with Crippen molar-refractivity contribution in [1.29, 1.82) is 0 Å². The van der Waals surface area contributed by atoms with Crippen molar-refractivity contribution in [3.05, 3.63) is 59.5 Å². The predicted molar refractivity (Wildman–Crippen MR) is 104 cm³/mol. The fourth-order valence-corrected chi connectivity index (χ4v) is 2.64. The molecule has 1 atom stereocenters. The smallest absolute Gasteiger partial charge is 0.338 e. The molecule has 3 aromatic rings. The van der Waals surface area contributed by atoms with Gasteiger partial charge in [0.1, 0.15) is 11.5 Å². The minimum atomic E-state index is -0.650. The molecule has 1 aromatic heterocycles. The molecule has 9 heteroatoms. The number of hydrogen-bond donors (Lipinski definition) is 0. The molecule has 30 heavy (non-hydrogen) atoms. The quantitative estimate of drug-likeness (QED) is 0.539. The predicted octanol–water partition coefficient (Wildman–Crippen LogP) is 3.46. The van der Waals surface area contributed by atoms with E-state index in [1.54, 1.807) is 38.3 Å². The highest BCUT2D eigenvalue weighted by molar-refractivity contribution is 5.96. The molecule has 0 saturated heterocycles. The van der Waals surface area contributed by atoms with Crippen molar-refractivity contribution in [2.75, 3.05) is 21.3 Å². The third kappa shape index (κ3) is 4.57. The summed E-state index contributed by atoms with van der Waals surface area (Å²) >= 11 is 0. The lowest BCUT2D eigenvalue weighted by Crippen LogP contribution is -2.09. The lowest BCUT2D eigenvalue weighted by molar-refractivity contribution is 0.0597. The van der Waals surface area contributed by atoms with Crippen LogP contribution in [-0.2, 0) is 9.47 Å². The highest BCUT2D eigenvalue weighted by atomic mass is 16.5. The summed E-state index contributed by atoms with van der Waals surface area (Å²) in [5.41, 5.74) is 1.02. The molecular weight excluding hydrogens is 392 g/mol. The summed E-state index contributed by atoms with van der Waals surface area (Å²) in [5.74, 6) is 0.276. The van der Waals surface area contributed by atoms with Crippen LogP contribution in [0.2, 0.25) is 0 Å². The van der Waals surface area contributed by atoms with Crippen LogP contribution in [0.3, 0.4) is 0 Å². The molecule has 0 aliphatic carbocycles. The molecule has 0 aliphatic rings. The van der Waals surface area contributed by atoms with Crippen LogP contribution in [0, 0.1) is 0 Å². The Kier molecular flexibility index (Phi) is 6.31. The molecule has 0 fully saturated rings. The van der Waals surface area contributed by atoms with E-state index in [1.807, 2.05) is 0 Å². The molecule has 156 valence electrons. The molecule has 0 spiro atoms. The molecule has 2 aromatic carbocycles. The van der Waals surface area contributed by atoms with Crippen molar-refractivity contribution >= 4 is 11.9 Å². The maximum atomic E-state index is 11.9. The summed E-state index contributed by atoms with van der Waals surface area (Å²) in [6.45, 7) is 1.70. The van der Waals surface area contributed by atoms with Gasteiger partial charge in [0.25, 0.3) is 5.89 Å².